The first kappa shape index (κ1) is 7.55. The van der Waals surface area contributed by atoms with E-state index in [4.69, 9.17) is 11.6 Å². The SMILES string of the molecule is CC1=CC(Cl)=CCC1C=O. The zero-order chi connectivity index (χ0) is 7.56. The smallest absolute Gasteiger partial charge is 0.127 e. The lowest BCUT2D eigenvalue weighted by molar-refractivity contribution is -0.110. The molecule has 2 heteroatoms. The van der Waals surface area contributed by atoms with Crippen LogP contribution in [0.2, 0.25) is 0 Å². The molecular weight excluding hydrogens is 148 g/mol. The molecule has 10 heavy (non-hydrogen) atoms. The van der Waals surface area contributed by atoms with Gasteiger partial charge < -0.3 is 4.79 Å². The lowest BCUT2D eigenvalue weighted by Gasteiger charge is -2.12. The molecule has 0 aromatic rings. The van der Waals surface area contributed by atoms with Crippen LogP contribution >= 0.6 is 11.6 Å². The molecule has 0 aromatic heterocycles. The molecule has 1 nitrogen and oxygen atoms in total. The molecule has 0 aliphatic heterocycles. The molecule has 1 aliphatic carbocycles. The van der Waals surface area contributed by atoms with Crippen LogP contribution in [0.15, 0.2) is 22.8 Å². The first-order chi connectivity index (χ1) is 4.74. The van der Waals surface area contributed by atoms with Gasteiger partial charge in [0, 0.05) is 11.0 Å². The van der Waals surface area contributed by atoms with Gasteiger partial charge in [0.25, 0.3) is 0 Å². The van der Waals surface area contributed by atoms with Crippen LogP contribution in [0.25, 0.3) is 0 Å². The first-order valence-electron chi connectivity index (χ1n) is 3.23. The molecule has 0 amide bonds. The van der Waals surface area contributed by atoms with E-state index in [1.807, 2.05) is 19.1 Å². The maximum Gasteiger partial charge on any atom is 0.127 e. The van der Waals surface area contributed by atoms with Crippen LogP contribution in [0.3, 0.4) is 0 Å². The largest absolute Gasteiger partial charge is 0.303 e. The van der Waals surface area contributed by atoms with E-state index in [1.165, 1.54) is 0 Å². The molecule has 0 radical (unpaired) electrons. The van der Waals surface area contributed by atoms with E-state index in [0.29, 0.717) is 0 Å². The van der Waals surface area contributed by atoms with Crippen molar-refractivity contribution in [2.75, 3.05) is 0 Å². The first-order valence-corrected chi connectivity index (χ1v) is 3.61. The van der Waals surface area contributed by atoms with Crippen molar-refractivity contribution in [1.29, 1.82) is 0 Å². The number of rotatable bonds is 1. The van der Waals surface area contributed by atoms with Crippen molar-refractivity contribution in [2.24, 2.45) is 5.92 Å². The summed E-state index contributed by atoms with van der Waals surface area (Å²) in [5.41, 5.74) is 1.06. The van der Waals surface area contributed by atoms with Crippen LogP contribution in [-0.2, 0) is 4.79 Å². The fraction of sp³-hybridized carbons (Fsp3) is 0.375. The molecule has 0 saturated heterocycles. The third kappa shape index (κ3) is 1.48. The van der Waals surface area contributed by atoms with Crippen LogP contribution in [-0.4, -0.2) is 6.29 Å². The highest BCUT2D eigenvalue weighted by Crippen LogP contribution is 2.23. The molecule has 0 N–H and O–H groups in total. The van der Waals surface area contributed by atoms with Crippen LogP contribution < -0.4 is 0 Å². The van der Waals surface area contributed by atoms with Crippen LogP contribution in [0.4, 0.5) is 0 Å². The molecular formula is C8H9ClO. The van der Waals surface area contributed by atoms with Crippen molar-refractivity contribution in [3.05, 3.63) is 22.8 Å². The Hall–Kier alpha value is -0.560. The minimum atomic E-state index is 0.0579. The Morgan fingerprint density at radius 2 is 2.50 bits per heavy atom. The zero-order valence-electron chi connectivity index (χ0n) is 5.80. The Morgan fingerprint density at radius 1 is 1.80 bits per heavy atom. The molecule has 0 aromatic carbocycles. The van der Waals surface area contributed by atoms with E-state index in [2.05, 4.69) is 0 Å². The molecule has 1 atom stereocenters. The van der Waals surface area contributed by atoms with Crippen molar-refractivity contribution in [1.82, 2.24) is 0 Å². The topological polar surface area (TPSA) is 17.1 Å². The Bertz CT molecular complexity index is 203. The number of aldehydes is 1. The van der Waals surface area contributed by atoms with E-state index in [-0.39, 0.29) is 5.92 Å². The van der Waals surface area contributed by atoms with Gasteiger partial charge in [0.2, 0.25) is 0 Å². The standard InChI is InChI=1S/C8H9ClO/c1-6-4-8(9)3-2-7(6)5-10/h3-5,7H,2H2,1H3. The molecule has 0 saturated carbocycles. The highest BCUT2D eigenvalue weighted by atomic mass is 35.5. The van der Waals surface area contributed by atoms with Gasteiger partial charge in [-0.2, -0.15) is 0 Å². The van der Waals surface area contributed by atoms with Crippen LogP contribution in [0.5, 0.6) is 0 Å². The fourth-order valence-electron chi connectivity index (χ4n) is 0.972. The summed E-state index contributed by atoms with van der Waals surface area (Å²) in [6, 6.07) is 0. The summed E-state index contributed by atoms with van der Waals surface area (Å²) in [6.07, 6.45) is 5.42. The number of carbonyl (C=O) groups excluding carboxylic acids is 1. The normalized spacial score (nSPS) is 25.2. The molecule has 0 spiro atoms. The van der Waals surface area contributed by atoms with Crippen LogP contribution in [0, 0.1) is 5.92 Å². The van der Waals surface area contributed by atoms with Crippen molar-refractivity contribution < 1.29 is 4.79 Å². The Kier molecular flexibility index (Phi) is 2.28. The van der Waals surface area contributed by atoms with Crippen molar-refractivity contribution in [3.63, 3.8) is 0 Å². The van der Waals surface area contributed by atoms with Gasteiger partial charge in [0.05, 0.1) is 0 Å². The molecule has 1 aliphatic rings. The summed E-state index contributed by atoms with van der Waals surface area (Å²) in [5, 5.41) is 0.746. The van der Waals surface area contributed by atoms with E-state index in [1.54, 1.807) is 0 Å². The second kappa shape index (κ2) is 3.02. The minimum absolute atomic E-state index is 0.0579. The monoisotopic (exact) mass is 156 g/mol. The second-order valence-corrected chi connectivity index (χ2v) is 2.89. The predicted molar refractivity (Wildman–Crippen MR) is 41.9 cm³/mol. The van der Waals surface area contributed by atoms with Gasteiger partial charge in [-0.05, 0) is 19.4 Å². The quantitative estimate of drug-likeness (QED) is 0.533. The average Bonchev–Trinajstić information content (AvgIpc) is 1.88. The lowest BCUT2D eigenvalue weighted by Crippen LogP contribution is -2.05. The van der Waals surface area contributed by atoms with Gasteiger partial charge in [-0.1, -0.05) is 23.3 Å². The summed E-state index contributed by atoms with van der Waals surface area (Å²) in [5.74, 6) is 0.0579. The van der Waals surface area contributed by atoms with Gasteiger partial charge in [0.1, 0.15) is 6.29 Å². The molecule has 0 fully saturated rings. The zero-order valence-corrected chi connectivity index (χ0v) is 6.56. The molecule has 0 heterocycles. The number of halogens is 1. The van der Waals surface area contributed by atoms with Gasteiger partial charge in [0.15, 0.2) is 0 Å². The molecule has 1 unspecified atom stereocenters. The number of hydrogen-bond donors (Lipinski definition) is 0. The van der Waals surface area contributed by atoms with Crippen molar-refractivity contribution in [2.45, 2.75) is 13.3 Å². The Balaban J connectivity index is 2.77. The number of hydrogen-bond acceptors (Lipinski definition) is 1. The molecule has 1 rings (SSSR count). The highest BCUT2D eigenvalue weighted by molar-refractivity contribution is 6.31. The Morgan fingerprint density at radius 3 is 3.00 bits per heavy atom. The van der Waals surface area contributed by atoms with Crippen molar-refractivity contribution >= 4 is 17.9 Å². The second-order valence-electron chi connectivity index (χ2n) is 2.46. The van der Waals surface area contributed by atoms with E-state index >= 15 is 0 Å². The van der Waals surface area contributed by atoms with Gasteiger partial charge in [-0.15, -0.1) is 0 Å². The third-order valence-corrected chi connectivity index (χ3v) is 1.94. The maximum atomic E-state index is 10.4. The maximum absolute atomic E-state index is 10.4. The summed E-state index contributed by atoms with van der Waals surface area (Å²) < 4.78 is 0. The van der Waals surface area contributed by atoms with Crippen molar-refractivity contribution in [3.8, 4) is 0 Å². The fourth-order valence-corrected chi connectivity index (χ4v) is 1.23. The summed E-state index contributed by atoms with van der Waals surface area (Å²) in [4.78, 5) is 10.4. The van der Waals surface area contributed by atoms with Gasteiger partial charge >= 0.3 is 0 Å². The summed E-state index contributed by atoms with van der Waals surface area (Å²) in [7, 11) is 0. The number of allylic oxidation sites excluding steroid dienone is 4. The van der Waals surface area contributed by atoms with E-state index in [9.17, 15) is 4.79 Å². The summed E-state index contributed by atoms with van der Waals surface area (Å²) in [6.45, 7) is 1.93. The molecule has 0 bridgehead atoms. The summed E-state index contributed by atoms with van der Waals surface area (Å²) >= 11 is 5.70. The average molecular weight is 157 g/mol. The van der Waals surface area contributed by atoms with Crippen LogP contribution in [0.1, 0.15) is 13.3 Å². The predicted octanol–water partition coefficient (Wildman–Crippen LogP) is 2.27. The highest BCUT2D eigenvalue weighted by Gasteiger charge is 2.11. The van der Waals surface area contributed by atoms with E-state index in [0.717, 1.165) is 23.3 Å². The third-order valence-electron chi connectivity index (χ3n) is 1.68. The molecule has 54 valence electrons. The van der Waals surface area contributed by atoms with Gasteiger partial charge in [-0.3, -0.25) is 0 Å². The Labute approximate surface area is 65.4 Å². The van der Waals surface area contributed by atoms with E-state index < -0.39 is 0 Å². The number of carbonyl (C=O) groups is 1. The lowest BCUT2D eigenvalue weighted by atomic mass is 9.94. The minimum Gasteiger partial charge on any atom is -0.303 e. The van der Waals surface area contributed by atoms with Gasteiger partial charge in [-0.25, -0.2) is 0 Å².